The lowest BCUT2D eigenvalue weighted by Crippen LogP contribution is -2.14. The summed E-state index contributed by atoms with van der Waals surface area (Å²) in [6.07, 6.45) is 4.51. The normalized spacial score (nSPS) is 17.0. The van der Waals surface area contributed by atoms with Crippen LogP contribution in [0, 0.1) is 25.7 Å². The van der Waals surface area contributed by atoms with E-state index in [9.17, 15) is 0 Å². The molecule has 0 fully saturated rings. The van der Waals surface area contributed by atoms with E-state index in [1.54, 1.807) is 0 Å². The summed E-state index contributed by atoms with van der Waals surface area (Å²) >= 11 is 0. The molecule has 1 aliphatic heterocycles. The second-order valence-electron chi connectivity index (χ2n) is 7.86. The van der Waals surface area contributed by atoms with E-state index in [0.29, 0.717) is 5.82 Å². The summed E-state index contributed by atoms with van der Waals surface area (Å²) in [6.45, 7) is 4.29. The van der Waals surface area contributed by atoms with E-state index >= 15 is 0 Å². The zero-order valence-electron chi connectivity index (χ0n) is 16.1. The molecule has 1 aliphatic carbocycles. The predicted molar refractivity (Wildman–Crippen MR) is 122 cm³/mol. The molecule has 126 valence electrons. The second kappa shape index (κ2) is 6.07. The molecule has 2 heteroatoms. The molecule has 0 aromatic heterocycles. The van der Waals surface area contributed by atoms with Gasteiger partial charge in [-0.2, -0.15) is 0 Å². The Morgan fingerprint density at radius 2 is 1.67 bits per heavy atom. The minimum Gasteiger partial charge on any atom is -0.0979 e. The number of rotatable bonds is 1. The highest BCUT2D eigenvalue weighted by Crippen LogP contribution is 2.36. The van der Waals surface area contributed by atoms with E-state index < -0.39 is 0 Å². The first-order valence-corrected chi connectivity index (χ1v) is 9.64. The highest BCUT2D eigenvalue weighted by molar-refractivity contribution is 6.66. The van der Waals surface area contributed by atoms with Crippen LogP contribution in [0.1, 0.15) is 22.3 Å². The molecule has 3 aromatic carbocycles. The fourth-order valence-electron chi connectivity index (χ4n) is 4.49. The molecule has 0 spiro atoms. The summed E-state index contributed by atoms with van der Waals surface area (Å²) in [7, 11) is 3.19. The first-order chi connectivity index (χ1) is 13.1. The molecule has 1 unspecified atom stereocenters. The highest BCUT2D eigenvalue weighted by atomic mass is 14.2. The zero-order valence-corrected chi connectivity index (χ0v) is 16.1. The van der Waals surface area contributed by atoms with Gasteiger partial charge in [-0.05, 0) is 47.4 Å². The summed E-state index contributed by atoms with van der Waals surface area (Å²) in [4.78, 5) is 0. The number of benzene rings is 3. The van der Waals surface area contributed by atoms with Crippen molar-refractivity contribution in [3.05, 3.63) is 82.9 Å². The molecule has 1 heterocycles. The average molecular weight is 342 g/mol. The van der Waals surface area contributed by atoms with Crippen molar-refractivity contribution in [2.75, 3.05) is 0 Å². The summed E-state index contributed by atoms with van der Waals surface area (Å²) in [5.41, 5.74) is 10.5. The van der Waals surface area contributed by atoms with Crippen LogP contribution in [-0.2, 0) is 0 Å². The van der Waals surface area contributed by atoms with Gasteiger partial charge in [-0.25, -0.2) is 0 Å². The average Bonchev–Trinajstić information content (AvgIpc) is 2.87. The Labute approximate surface area is 162 Å². The topological polar surface area (TPSA) is 0 Å². The maximum atomic E-state index is 3.57. The molecule has 0 bridgehead atoms. The minimum atomic E-state index is 0.298. The fourth-order valence-corrected chi connectivity index (χ4v) is 4.49. The molecular formula is C25H20B2. The number of allylic oxidation sites excluding steroid dienone is 4. The standard InChI is InChI=1S/C25H20B2/c1-15-4-9-20-18(13-15)6-11-22-21-10-5-17(7-12-24(21)27-25(20)22)19-8-3-16(2)14-23(19)26/h3-6,8-11,13-14,24,27H,26H2,1-2H3. The Balaban J connectivity index is 1.63. The van der Waals surface area contributed by atoms with Gasteiger partial charge in [0.05, 0.1) is 0 Å². The second-order valence-corrected chi connectivity index (χ2v) is 7.86. The highest BCUT2D eigenvalue weighted by Gasteiger charge is 2.28. The molecule has 5 rings (SSSR count). The molecule has 0 N–H and O–H groups in total. The molecule has 2 aliphatic rings. The van der Waals surface area contributed by atoms with Crippen LogP contribution in [0.3, 0.4) is 0 Å². The van der Waals surface area contributed by atoms with Gasteiger partial charge in [0.2, 0.25) is 0 Å². The number of fused-ring (bicyclic) bond motifs is 5. The molecule has 0 radical (unpaired) electrons. The first kappa shape index (κ1) is 16.3. The van der Waals surface area contributed by atoms with Crippen molar-refractivity contribution in [3.8, 4) is 11.8 Å². The Morgan fingerprint density at radius 3 is 2.52 bits per heavy atom. The molecular weight excluding hydrogens is 322 g/mol. The van der Waals surface area contributed by atoms with Gasteiger partial charge in [0.15, 0.2) is 7.28 Å². The number of aryl methyl sites for hydroxylation is 2. The molecule has 0 saturated carbocycles. The SMILES string of the molecule is Bc1cc(C)ccc1C1=CC=C2c3ccc4cc(C)ccc4c3BC2C#C1. The molecule has 3 aromatic rings. The van der Waals surface area contributed by atoms with Gasteiger partial charge in [0, 0.05) is 11.4 Å². The lowest BCUT2D eigenvalue weighted by Gasteiger charge is -2.07. The Kier molecular flexibility index (Phi) is 3.66. The van der Waals surface area contributed by atoms with Gasteiger partial charge >= 0.3 is 0 Å². The van der Waals surface area contributed by atoms with Crippen molar-refractivity contribution < 1.29 is 0 Å². The molecule has 0 amide bonds. The van der Waals surface area contributed by atoms with Crippen molar-refractivity contribution in [2.24, 2.45) is 0 Å². The molecule has 27 heavy (non-hydrogen) atoms. The zero-order chi connectivity index (χ0) is 18.5. The number of hydrogen-bond donors (Lipinski definition) is 0. The summed E-state index contributed by atoms with van der Waals surface area (Å²) in [5, 5.41) is 2.72. The van der Waals surface area contributed by atoms with E-state index in [0.717, 1.165) is 12.9 Å². The molecule has 1 atom stereocenters. The lowest BCUT2D eigenvalue weighted by atomic mass is 9.62. The number of hydrogen-bond acceptors (Lipinski definition) is 0. The van der Waals surface area contributed by atoms with Crippen molar-refractivity contribution in [3.63, 3.8) is 0 Å². The molecule has 0 nitrogen and oxygen atoms in total. The quantitative estimate of drug-likeness (QED) is 0.471. The van der Waals surface area contributed by atoms with Crippen LogP contribution in [0.25, 0.3) is 21.9 Å². The van der Waals surface area contributed by atoms with Crippen molar-refractivity contribution in [1.82, 2.24) is 0 Å². The van der Waals surface area contributed by atoms with E-state index in [1.807, 2.05) is 0 Å². The Morgan fingerprint density at radius 1 is 0.889 bits per heavy atom. The van der Waals surface area contributed by atoms with Crippen molar-refractivity contribution in [1.29, 1.82) is 0 Å². The van der Waals surface area contributed by atoms with Crippen LogP contribution in [-0.4, -0.2) is 15.1 Å². The maximum Gasteiger partial charge on any atom is 0.182 e. The van der Waals surface area contributed by atoms with Crippen LogP contribution in [0.2, 0.25) is 5.82 Å². The van der Waals surface area contributed by atoms with Gasteiger partial charge in [0.25, 0.3) is 0 Å². The van der Waals surface area contributed by atoms with Crippen molar-refractivity contribution in [2.45, 2.75) is 19.7 Å². The minimum absolute atomic E-state index is 0.298. The van der Waals surface area contributed by atoms with E-state index in [-0.39, 0.29) is 0 Å². The largest absolute Gasteiger partial charge is 0.182 e. The van der Waals surface area contributed by atoms with Crippen LogP contribution in [0.15, 0.2) is 60.7 Å². The van der Waals surface area contributed by atoms with E-state index in [1.165, 1.54) is 49.5 Å². The van der Waals surface area contributed by atoms with Crippen molar-refractivity contribution >= 4 is 48.0 Å². The van der Waals surface area contributed by atoms with Gasteiger partial charge in [-0.1, -0.05) is 88.5 Å². The Hall–Kier alpha value is -2.91. The fraction of sp³-hybridized carbons (Fsp3) is 0.120. The molecule has 0 saturated heterocycles. The first-order valence-electron chi connectivity index (χ1n) is 9.64. The third-order valence-electron chi connectivity index (χ3n) is 5.86. The van der Waals surface area contributed by atoms with Crippen LogP contribution in [0.4, 0.5) is 0 Å². The van der Waals surface area contributed by atoms with Crippen LogP contribution < -0.4 is 10.9 Å². The smallest absolute Gasteiger partial charge is 0.0979 e. The third kappa shape index (κ3) is 2.66. The summed E-state index contributed by atoms with van der Waals surface area (Å²) < 4.78 is 0. The van der Waals surface area contributed by atoms with Crippen LogP contribution >= 0.6 is 0 Å². The van der Waals surface area contributed by atoms with Crippen LogP contribution in [0.5, 0.6) is 0 Å². The predicted octanol–water partition coefficient (Wildman–Crippen LogP) is 3.06. The maximum absolute atomic E-state index is 3.57. The van der Waals surface area contributed by atoms with E-state index in [2.05, 4.69) is 94.2 Å². The third-order valence-corrected chi connectivity index (χ3v) is 5.86. The van der Waals surface area contributed by atoms with E-state index in [4.69, 9.17) is 0 Å². The summed E-state index contributed by atoms with van der Waals surface area (Å²) in [6, 6.07) is 17.9. The van der Waals surface area contributed by atoms with Gasteiger partial charge in [0.1, 0.15) is 7.85 Å². The van der Waals surface area contributed by atoms with Gasteiger partial charge in [-0.15, -0.1) is 0 Å². The monoisotopic (exact) mass is 342 g/mol. The Bertz CT molecular complexity index is 1230. The summed E-state index contributed by atoms with van der Waals surface area (Å²) in [5.74, 6) is 7.35. The lowest BCUT2D eigenvalue weighted by molar-refractivity contribution is 1.48. The van der Waals surface area contributed by atoms with Gasteiger partial charge in [-0.3, -0.25) is 0 Å². The van der Waals surface area contributed by atoms with Gasteiger partial charge < -0.3 is 0 Å².